The molecule has 1 aromatic rings. The lowest BCUT2D eigenvalue weighted by atomic mass is 10.1. The van der Waals surface area contributed by atoms with Crippen LogP contribution in [0.15, 0.2) is 29.3 Å². The van der Waals surface area contributed by atoms with E-state index in [-0.39, 0.29) is 18.5 Å². The third kappa shape index (κ3) is 2.22. The van der Waals surface area contributed by atoms with Crippen LogP contribution in [-0.4, -0.2) is 29.2 Å². The van der Waals surface area contributed by atoms with E-state index in [0.29, 0.717) is 11.4 Å². The Bertz CT molecular complexity index is 544. The second-order valence-corrected chi connectivity index (χ2v) is 4.71. The van der Waals surface area contributed by atoms with E-state index in [1.165, 1.54) is 12.1 Å². The van der Waals surface area contributed by atoms with Crippen molar-refractivity contribution >= 4 is 11.7 Å². The van der Waals surface area contributed by atoms with Gasteiger partial charge >= 0.3 is 6.18 Å². The van der Waals surface area contributed by atoms with E-state index in [4.69, 9.17) is 0 Å². The zero-order chi connectivity index (χ0) is 13.6. The summed E-state index contributed by atoms with van der Waals surface area (Å²) in [7, 11) is 0. The first-order valence-electron chi connectivity index (χ1n) is 6.01. The fourth-order valence-electron chi connectivity index (χ4n) is 2.16. The number of rotatable bonds is 2. The van der Waals surface area contributed by atoms with Gasteiger partial charge in [-0.2, -0.15) is 13.2 Å². The maximum atomic E-state index is 12.5. The molecule has 0 aromatic heterocycles. The third-order valence-corrected chi connectivity index (χ3v) is 3.24. The number of amides is 1. The van der Waals surface area contributed by atoms with E-state index in [9.17, 15) is 18.0 Å². The molecule has 3 rings (SSSR count). The summed E-state index contributed by atoms with van der Waals surface area (Å²) in [6, 6.07) is 4.96. The summed E-state index contributed by atoms with van der Waals surface area (Å²) in [5.74, 6) is 0.429. The zero-order valence-corrected chi connectivity index (χ0v) is 9.94. The van der Waals surface area contributed by atoms with Crippen molar-refractivity contribution in [3.63, 3.8) is 0 Å². The number of carbonyl (C=O) groups is 1. The van der Waals surface area contributed by atoms with E-state index < -0.39 is 11.7 Å². The lowest BCUT2D eigenvalue weighted by Gasteiger charge is -2.18. The lowest BCUT2D eigenvalue weighted by Crippen LogP contribution is -2.35. The highest BCUT2D eigenvalue weighted by Crippen LogP contribution is 2.32. The van der Waals surface area contributed by atoms with Gasteiger partial charge in [-0.1, -0.05) is 12.1 Å². The highest BCUT2D eigenvalue weighted by molar-refractivity contribution is 6.12. The molecule has 6 heteroatoms. The molecule has 1 heterocycles. The fourth-order valence-corrected chi connectivity index (χ4v) is 2.16. The monoisotopic (exact) mass is 268 g/mol. The van der Waals surface area contributed by atoms with Crippen molar-refractivity contribution in [3.05, 3.63) is 35.4 Å². The standard InChI is InChI=1S/C13H11F3N2O/c14-13(15,16)9-3-1-8(2-4-9)12-17-7-11(19)18(12)10-5-6-10/h1-4,10H,5-7H2. The molecule has 3 nitrogen and oxygen atoms in total. The summed E-state index contributed by atoms with van der Waals surface area (Å²) in [5.41, 5.74) is -0.134. The minimum Gasteiger partial charge on any atom is -0.292 e. The van der Waals surface area contributed by atoms with Crippen molar-refractivity contribution in [2.45, 2.75) is 25.1 Å². The average Bonchev–Trinajstić information content (AvgIpc) is 3.12. The Morgan fingerprint density at radius 3 is 2.32 bits per heavy atom. The van der Waals surface area contributed by atoms with Gasteiger partial charge in [0, 0.05) is 11.6 Å². The summed E-state index contributed by atoms with van der Waals surface area (Å²) >= 11 is 0. The molecule has 19 heavy (non-hydrogen) atoms. The van der Waals surface area contributed by atoms with Crippen LogP contribution in [0.25, 0.3) is 0 Å². The van der Waals surface area contributed by atoms with Gasteiger partial charge in [-0.3, -0.25) is 14.7 Å². The van der Waals surface area contributed by atoms with Gasteiger partial charge in [-0.15, -0.1) is 0 Å². The Balaban J connectivity index is 1.88. The summed E-state index contributed by atoms with van der Waals surface area (Å²) in [5, 5.41) is 0. The van der Waals surface area contributed by atoms with Crippen LogP contribution in [0, 0.1) is 0 Å². The number of benzene rings is 1. The van der Waals surface area contributed by atoms with Crippen LogP contribution < -0.4 is 0 Å². The minimum absolute atomic E-state index is 0.0719. The molecule has 100 valence electrons. The molecule has 1 aromatic carbocycles. The molecule has 0 radical (unpaired) electrons. The molecule has 0 bridgehead atoms. The van der Waals surface area contributed by atoms with E-state index >= 15 is 0 Å². The van der Waals surface area contributed by atoms with E-state index in [1.54, 1.807) is 4.90 Å². The van der Waals surface area contributed by atoms with E-state index in [1.807, 2.05) is 0 Å². The SMILES string of the molecule is O=C1CN=C(c2ccc(C(F)(F)F)cc2)N1C1CC1. The van der Waals surface area contributed by atoms with Gasteiger partial charge in [0.2, 0.25) is 5.91 Å². The quantitative estimate of drug-likeness (QED) is 0.811. The Morgan fingerprint density at radius 2 is 1.79 bits per heavy atom. The number of alkyl halides is 3. The van der Waals surface area contributed by atoms with Crippen LogP contribution in [0.3, 0.4) is 0 Å². The molecule has 0 spiro atoms. The molecule has 1 fully saturated rings. The molecular weight excluding hydrogens is 257 g/mol. The summed E-state index contributed by atoms with van der Waals surface area (Å²) in [6.07, 6.45) is -2.47. The molecular formula is C13H11F3N2O. The van der Waals surface area contributed by atoms with Crippen molar-refractivity contribution in [1.82, 2.24) is 4.90 Å². The first kappa shape index (κ1) is 12.2. The van der Waals surface area contributed by atoms with Gasteiger partial charge in [0.05, 0.1) is 5.56 Å². The van der Waals surface area contributed by atoms with Crippen LogP contribution >= 0.6 is 0 Å². The highest BCUT2D eigenvalue weighted by Gasteiger charge is 2.39. The highest BCUT2D eigenvalue weighted by atomic mass is 19.4. The second kappa shape index (κ2) is 4.08. The van der Waals surface area contributed by atoms with E-state index in [0.717, 1.165) is 25.0 Å². The molecule has 1 aliphatic carbocycles. The molecule has 1 aliphatic heterocycles. The topological polar surface area (TPSA) is 32.7 Å². The second-order valence-electron chi connectivity index (χ2n) is 4.71. The van der Waals surface area contributed by atoms with Crippen LogP contribution in [0.5, 0.6) is 0 Å². The number of hydrogen-bond donors (Lipinski definition) is 0. The summed E-state index contributed by atoms with van der Waals surface area (Å²) in [6.45, 7) is 0.0901. The predicted molar refractivity (Wildman–Crippen MR) is 62.7 cm³/mol. The van der Waals surface area contributed by atoms with Crippen LogP contribution in [0.1, 0.15) is 24.0 Å². The van der Waals surface area contributed by atoms with E-state index in [2.05, 4.69) is 4.99 Å². The summed E-state index contributed by atoms with van der Waals surface area (Å²) in [4.78, 5) is 17.4. The Morgan fingerprint density at radius 1 is 1.16 bits per heavy atom. The fraction of sp³-hybridized carbons (Fsp3) is 0.385. The number of aliphatic imine (C=N–C) groups is 1. The number of nitrogens with zero attached hydrogens (tertiary/aromatic N) is 2. The summed E-state index contributed by atoms with van der Waals surface area (Å²) < 4.78 is 37.4. The van der Waals surface area contributed by atoms with Crippen LogP contribution in [-0.2, 0) is 11.0 Å². The van der Waals surface area contributed by atoms with Crippen LogP contribution in [0.4, 0.5) is 13.2 Å². The maximum absolute atomic E-state index is 12.5. The van der Waals surface area contributed by atoms with Gasteiger partial charge in [0.1, 0.15) is 12.4 Å². The van der Waals surface area contributed by atoms with Gasteiger partial charge in [-0.25, -0.2) is 0 Å². The Hall–Kier alpha value is -1.85. The molecule has 1 saturated carbocycles. The van der Waals surface area contributed by atoms with Gasteiger partial charge in [0.25, 0.3) is 0 Å². The molecule has 0 N–H and O–H groups in total. The Labute approximate surface area is 107 Å². The largest absolute Gasteiger partial charge is 0.416 e. The number of amidine groups is 1. The molecule has 2 aliphatic rings. The van der Waals surface area contributed by atoms with Crippen molar-refractivity contribution in [2.24, 2.45) is 4.99 Å². The molecule has 0 saturated heterocycles. The predicted octanol–water partition coefficient (Wildman–Crippen LogP) is 2.46. The third-order valence-electron chi connectivity index (χ3n) is 3.24. The lowest BCUT2D eigenvalue weighted by molar-refractivity contribution is -0.137. The molecule has 0 atom stereocenters. The zero-order valence-electron chi connectivity index (χ0n) is 9.94. The molecule has 0 unspecified atom stereocenters. The number of carbonyl (C=O) groups excluding carboxylic acids is 1. The first-order valence-corrected chi connectivity index (χ1v) is 6.01. The van der Waals surface area contributed by atoms with Gasteiger partial charge in [-0.05, 0) is 25.0 Å². The van der Waals surface area contributed by atoms with Crippen molar-refractivity contribution < 1.29 is 18.0 Å². The van der Waals surface area contributed by atoms with Crippen LogP contribution in [0.2, 0.25) is 0 Å². The Kier molecular flexibility index (Phi) is 2.62. The van der Waals surface area contributed by atoms with Crippen molar-refractivity contribution in [1.29, 1.82) is 0 Å². The maximum Gasteiger partial charge on any atom is 0.416 e. The average molecular weight is 268 g/mol. The normalized spacial score (nSPS) is 19.8. The van der Waals surface area contributed by atoms with Crippen molar-refractivity contribution in [2.75, 3.05) is 6.54 Å². The number of halogens is 3. The van der Waals surface area contributed by atoms with Crippen molar-refractivity contribution in [3.8, 4) is 0 Å². The smallest absolute Gasteiger partial charge is 0.292 e. The minimum atomic E-state index is -4.35. The number of hydrogen-bond acceptors (Lipinski definition) is 2. The molecule has 1 amide bonds. The first-order chi connectivity index (χ1) is 8.97. The van der Waals surface area contributed by atoms with Gasteiger partial charge < -0.3 is 0 Å². The van der Waals surface area contributed by atoms with Gasteiger partial charge in [0.15, 0.2) is 0 Å².